The molecule has 0 saturated heterocycles. The van der Waals surface area contributed by atoms with E-state index in [2.05, 4.69) is 5.32 Å². The number of hydrogen-bond acceptors (Lipinski definition) is 4. The topological polar surface area (TPSA) is 51.2 Å². The number of benzene rings is 4. The number of thiazole rings is 1. The maximum absolute atomic E-state index is 13.1. The highest BCUT2D eigenvalue weighted by Crippen LogP contribution is 2.39. The molecule has 5 aromatic rings. The van der Waals surface area contributed by atoms with Crippen LogP contribution in [-0.4, -0.2) is 10.9 Å². The zero-order chi connectivity index (χ0) is 24.2. The quantitative estimate of drug-likeness (QED) is 0.268. The Hall–Kier alpha value is -4.29. The summed E-state index contributed by atoms with van der Waals surface area (Å²) < 4.78 is 18.9. The number of nitrogens with one attached hydrogen (secondary N) is 1. The Bertz CT molecular complexity index is 1450. The van der Waals surface area contributed by atoms with Crippen LogP contribution >= 0.6 is 11.3 Å². The van der Waals surface area contributed by atoms with Gasteiger partial charge in [0.1, 0.15) is 33.0 Å². The number of amides is 1. The van der Waals surface area contributed by atoms with Crippen molar-refractivity contribution in [3.63, 3.8) is 0 Å². The van der Waals surface area contributed by atoms with Gasteiger partial charge in [-0.25, -0.2) is 9.37 Å². The van der Waals surface area contributed by atoms with Gasteiger partial charge in [0, 0.05) is 16.7 Å². The number of nitrogens with zero attached hydrogens (tertiary/aromatic N) is 1. The van der Waals surface area contributed by atoms with Crippen LogP contribution in [0.15, 0.2) is 103 Å². The molecule has 35 heavy (non-hydrogen) atoms. The van der Waals surface area contributed by atoms with E-state index in [0.717, 1.165) is 27.4 Å². The Morgan fingerprint density at radius 1 is 0.800 bits per heavy atom. The van der Waals surface area contributed by atoms with Crippen molar-refractivity contribution in [2.45, 2.75) is 6.92 Å². The molecule has 6 heteroatoms. The zero-order valence-corrected chi connectivity index (χ0v) is 19.7. The molecule has 5 rings (SSSR count). The molecule has 0 bridgehead atoms. The third-order valence-electron chi connectivity index (χ3n) is 5.37. The van der Waals surface area contributed by atoms with Crippen LogP contribution in [0.5, 0.6) is 11.5 Å². The van der Waals surface area contributed by atoms with Gasteiger partial charge in [0.2, 0.25) is 0 Å². The van der Waals surface area contributed by atoms with Gasteiger partial charge in [-0.2, -0.15) is 0 Å². The summed E-state index contributed by atoms with van der Waals surface area (Å²) >= 11 is 1.42. The molecule has 4 nitrogen and oxygen atoms in total. The predicted octanol–water partition coefficient (Wildman–Crippen LogP) is 7.97. The summed E-state index contributed by atoms with van der Waals surface area (Å²) in [5.74, 6) is 0.697. The molecule has 0 atom stereocenters. The summed E-state index contributed by atoms with van der Waals surface area (Å²) in [7, 11) is 0. The molecule has 1 heterocycles. The Morgan fingerprint density at radius 3 is 2.06 bits per heavy atom. The highest BCUT2D eigenvalue weighted by molar-refractivity contribution is 7.19. The molecular weight excluding hydrogens is 459 g/mol. The van der Waals surface area contributed by atoms with Crippen LogP contribution in [0, 0.1) is 12.7 Å². The second-order valence-electron chi connectivity index (χ2n) is 7.96. The van der Waals surface area contributed by atoms with E-state index in [1.165, 1.54) is 23.5 Å². The number of carbonyl (C=O) groups is 1. The molecule has 0 spiro atoms. The lowest BCUT2D eigenvalue weighted by molar-refractivity contribution is 0.102. The minimum atomic E-state index is -0.309. The van der Waals surface area contributed by atoms with Crippen molar-refractivity contribution in [1.29, 1.82) is 0 Å². The maximum atomic E-state index is 13.1. The van der Waals surface area contributed by atoms with Crippen molar-refractivity contribution in [2.24, 2.45) is 0 Å². The van der Waals surface area contributed by atoms with E-state index in [1.807, 2.05) is 73.7 Å². The van der Waals surface area contributed by atoms with Crippen molar-refractivity contribution in [3.05, 3.63) is 120 Å². The second kappa shape index (κ2) is 9.91. The Labute approximate surface area is 206 Å². The lowest BCUT2D eigenvalue weighted by Gasteiger charge is -2.06. The van der Waals surface area contributed by atoms with Gasteiger partial charge in [0.15, 0.2) is 0 Å². The molecule has 0 aliphatic rings. The molecule has 1 N–H and O–H groups in total. The van der Waals surface area contributed by atoms with E-state index in [-0.39, 0.29) is 11.7 Å². The van der Waals surface area contributed by atoms with Gasteiger partial charge in [-0.3, -0.25) is 4.79 Å². The molecule has 0 aliphatic carbocycles. The minimum Gasteiger partial charge on any atom is -0.457 e. The monoisotopic (exact) mass is 480 g/mol. The Kier molecular flexibility index (Phi) is 6.37. The Morgan fingerprint density at radius 2 is 1.40 bits per heavy atom. The number of carbonyl (C=O) groups excluding carboxylic acids is 1. The highest BCUT2D eigenvalue weighted by atomic mass is 32.1. The SMILES string of the molecule is Cc1ccc(-c2nc(-c3ccc(Oc4ccc(F)cc4)cc3)sc2NC(=O)c2ccccc2)cc1. The molecule has 1 amide bonds. The fourth-order valence-electron chi connectivity index (χ4n) is 3.50. The first-order valence-corrected chi connectivity index (χ1v) is 11.8. The van der Waals surface area contributed by atoms with Gasteiger partial charge in [0.25, 0.3) is 5.91 Å². The molecule has 1 aromatic heterocycles. The van der Waals surface area contributed by atoms with Gasteiger partial charge in [0.05, 0.1) is 0 Å². The zero-order valence-electron chi connectivity index (χ0n) is 18.9. The fraction of sp³-hybridized carbons (Fsp3) is 0.0345. The lowest BCUT2D eigenvalue weighted by Crippen LogP contribution is -2.11. The average Bonchev–Trinajstić information content (AvgIpc) is 3.30. The lowest BCUT2D eigenvalue weighted by atomic mass is 10.1. The maximum Gasteiger partial charge on any atom is 0.256 e. The van der Waals surface area contributed by atoms with Gasteiger partial charge in [-0.1, -0.05) is 59.4 Å². The first-order valence-electron chi connectivity index (χ1n) is 11.0. The van der Waals surface area contributed by atoms with Crippen LogP contribution in [0.25, 0.3) is 21.8 Å². The minimum absolute atomic E-state index is 0.183. The van der Waals surface area contributed by atoms with Crippen LogP contribution in [0.3, 0.4) is 0 Å². The van der Waals surface area contributed by atoms with E-state index in [1.54, 1.807) is 24.3 Å². The summed E-state index contributed by atoms with van der Waals surface area (Å²) in [4.78, 5) is 17.7. The summed E-state index contributed by atoms with van der Waals surface area (Å²) in [6.45, 7) is 2.03. The van der Waals surface area contributed by atoms with Crippen LogP contribution in [-0.2, 0) is 0 Å². The van der Waals surface area contributed by atoms with E-state index >= 15 is 0 Å². The third kappa shape index (κ3) is 5.28. The number of hydrogen-bond donors (Lipinski definition) is 1. The molecule has 4 aromatic carbocycles. The van der Waals surface area contributed by atoms with E-state index in [9.17, 15) is 9.18 Å². The summed E-state index contributed by atoms with van der Waals surface area (Å²) in [5.41, 5.74) is 4.28. The van der Waals surface area contributed by atoms with Crippen LogP contribution in [0.4, 0.5) is 9.39 Å². The fourth-order valence-corrected chi connectivity index (χ4v) is 4.49. The molecule has 0 aliphatic heterocycles. The molecule has 172 valence electrons. The number of halogens is 1. The number of rotatable bonds is 6. The standard InChI is InChI=1S/C29H21FN2O2S/c1-19-7-9-20(10-8-19)26-29(32-27(33)21-5-3-2-4-6-21)35-28(31-26)22-11-15-24(16-12-22)34-25-17-13-23(30)14-18-25/h2-18H,1H3,(H,32,33). The number of ether oxygens (including phenoxy) is 1. The van der Waals surface area contributed by atoms with Crippen molar-refractivity contribution < 1.29 is 13.9 Å². The molecule has 0 unspecified atom stereocenters. The van der Waals surface area contributed by atoms with E-state index in [4.69, 9.17) is 9.72 Å². The van der Waals surface area contributed by atoms with E-state index < -0.39 is 0 Å². The van der Waals surface area contributed by atoms with Crippen LogP contribution in [0.1, 0.15) is 15.9 Å². The summed E-state index contributed by atoms with van der Waals surface area (Å²) in [6, 6.07) is 30.6. The van der Waals surface area contributed by atoms with E-state index in [0.29, 0.717) is 22.1 Å². The first-order chi connectivity index (χ1) is 17.0. The largest absolute Gasteiger partial charge is 0.457 e. The molecule has 0 saturated carbocycles. The van der Waals surface area contributed by atoms with Crippen LogP contribution in [0.2, 0.25) is 0 Å². The highest BCUT2D eigenvalue weighted by Gasteiger charge is 2.17. The summed E-state index contributed by atoms with van der Waals surface area (Å²) in [6.07, 6.45) is 0. The van der Waals surface area contributed by atoms with Crippen molar-refractivity contribution >= 4 is 22.2 Å². The van der Waals surface area contributed by atoms with Crippen LogP contribution < -0.4 is 10.1 Å². The molecule has 0 radical (unpaired) electrons. The average molecular weight is 481 g/mol. The van der Waals surface area contributed by atoms with Gasteiger partial charge in [-0.15, -0.1) is 0 Å². The van der Waals surface area contributed by atoms with Crippen molar-refractivity contribution in [1.82, 2.24) is 4.98 Å². The second-order valence-corrected chi connectivity index (χ2v) is 8.96. The Balaban J connectivity index is 1.44. The smallest absolute Gasteiger partial charge is 0.256 e. The predicted molar refractivity (Wildman–Crippen MR) is 139 cm³/mol. The number of anilines is 1. The third-order valence-corrected chi connectivity index (χ3v) is 6.39. The normalized spacial score (nSPS) is 10.7. The number of aryl methyl sites for hydroxylation is 1. The van der Waals surface area contributed by atoms with Gasteiger partial charge >= 0.3 is 0 Å². The molecule has 0 fully saturated rings. The van der Waals surface area contributed by atoms with Gasteiger partial charge < -0.3 is 10.1 Å². The van der Waals surface area contributed by atoms with Gasteiger partial charge in [-0.05, 0) is 67.6 Å². The number of aromatic nitrogens is 1. The van der Waals surface area contributed by atoms with Crippen molar-refractivity contribution in [2.75, 3.05) is 5.32 Å². The molecular formula is C29H21FN2O2S. The first kappa shape index (κ1) is 22.5. The van der Waals surface area contributed by atoms with Crippen molar-refractivity contribution in [3.8, 4) is 33.3 Å². The summed E-state index contributed by atoms with van der Waals surface area (Å²) in [5, 5.41) is 4.50.